The molecule has 0 amide bonds. The molecule has 0 aromatic heterocycles. The number of hydrogen-bond acceptors (Lipinski definition) is 2. The Balaban J connectivity index is 2.13. The number of hydrogen-bond donors (Lipinski definition) is 0. The summed E-state index contributed by atoms with van der Waals surface area (Å²) >= 11 is 9.26. The predicted octanol–water partition coefficient (Wildman–Crippen LogP) is 4.09. The smallest absolute Gasteiger partial charge is 0.175 e. The van der Waals surface area contributed by atoms with Gasteiger partial charge in [-0.2, -0.15) is 0 Å². The van der Waals surface area contributed by atoms with Crippen molar-refractivity contribution in [2.24, 2.45) is 0 Å². The Morgan fingerprint density at radius 2 is 1.74 bits per heavy atom. The van der Waals surface area contributed by atoms with Gasteiger partial charge in [-0.1, -0.05) is 51.8 Å². The molecule has 0 radical (unpaired) electrons. The largest absolute Gasteiger partial charge is 0.293 e. The van der Waals surface area contributed by atoms with Gasteiger partial charge < -0.3 is 0 Å². The van der Waals surface area contributed by atoms with E-state index in [2.05, 4.69) is 15.9 Å². The van der Waals surface area contributed by atoms with Gasteiger partial charge in [0.25, 0.3) is 0 Å². The number of ketones is 1. The van der Waals surface area contributed by atoms with Gasteiger partial charge in [-0.15, -0.1) is 0 Å². The molecule has 2 aromatic rings. The molecule has 0 heterocycles. The first-order valence-electron chi connectivity index (χ1n) is 5.49. The molecule has 1 unspecified atom stereocenters. The fourth-order valence-electron chi connectivity index (χ4n) is 1.55. The Morgan fingerprint density at radius 3 is 2.37 bits per heavy atom. The van der Waals surface area contributed by atoms with Crippen LogP contribution in [0.15, 0.2) is 57.9 Å². The number of Topliss-reactive ketones (excluding diaryl/α,β-unsaturated/α-hetero) is 1. The van der Waals surface area contributed by atoms with Gasteiger partial charge in [-0.3, -0.25) is 9.00 Å². The molecule has 5 heteroatoms. The molecular formula is C14H10BrClO2S. The summed E-state index contributed by atoms with van der Waals surface area (Å²) in [6.45, 7) is 0. The van der Waals surface area contributed by atoms with Gasteiger partial charge >= 0.3 is 0 Å². The highest BCUT2D eigenvalue weighted by atomic mass is 79.9. The topological polar surface area (TPSA) is 34.1 Å². The summed E-state index contributed by atoms with van der Waals surface area (Å²) in [6, 6.07) is 13.8. The van der Waals surface area contributed by atoms with Gasteiger partial charge in [0, 0.05) is 10.0 Å². The average molecular weight is 358 g/mol. The maximum Gasteiger partial charge on any atom is 0.175 e. The molecular weight excluding hydrogens is 348 g/mol. The summed E-state index contributed by atoms with van der Waals surface area (Å²) in [5, 5.41) is 0.421. The summed E-state index contributed by atoms with van der Waals surface area (Å²) in [5.74, 6) is -0.225. The highest BCUT2D eigenvalue weighted by Gasteiger charge is 2.14. The van der Waals surface area contributed by atoms with E-state index in [0.717, 1.165) is 4.47 Å². The third-order valence-corrected chi connectivity index (χ3v) is 4.85. The van der Waals surface area contributed by atoms with Crippen LogP contribution in [0.2, 0.25) is 5.02 Å². The lowest BCUT2D eigenvalue weighted by Crippen LogP contribution is -2.11. The minimum absolute atomic E-state index is 0.0641. The van der Waals surface area contributed by atoms with Crippen molar-refractivity contribution in [1.82, 2.24) is 0 Å². The van der Waals surface area contributed by atoms with Gasteiger partial charge in [0.15, 0.2) is 5.78 Å². The van der Waals surface area contributed by atoms with Crippen LogP contribution in [0.25, 0.3) is 0 Å². The van der Waals surface area contributed by atoms with Crippen molar-refractivity contribution in [3.8, 4) is 0 Å². The maximum atomic E-state index is 12.1. The second-order valence-electron chi connectivity index (χ2n) is 3.85. The monoisotopic (exact) mass is 356 g/mol. The maximum absolute atomic E-state index is 12.1. The highest BCUT2D eigenvalue weighted by molar-refractivity contribution is 9.10. The molecule has 0 saturated heterocycles. The minimum Gasteiger partial charge on any atom is -0.293 e. The second kappa shape index (κ2) is 6.46. The lowest BCUT2D eigenvalue weighted by Gasteiger charge is -2.04. The number of rotatable bonds is 4. The van der Waals surface area contributed by atoms with Crippen LogP contribution in [-0.4, -0.2) is 15.7 Å². The van der Waals surface area contributed by atoms with Crippen LogP contribution in [0, 0.1) is 0 Å². The fraction of sp³-hybridized carbons (Fsp3) is 0.0714. The molecule has 0 aliphatic carbocycles. The Kier molecular flexibility index (Phi) is 4.91. The van der Waals surface area contributed by atoms with E-state index >= 15 is 0 Å². The van der Waals surface area contributed by atoms with Gasteiger partial charge in [0.05, 0.1) is 26.5 Å². The van der Waals surface area contributed by atoms with Crippen molar-refractivity contribution in [3.63, 3.8) is 0 Å². The summed E-state index contributed by atoms with van der Waals surface area (Å²) in [7, 11) is -1.42. The third-order valence-electron chi connectivity index (χ3n) is 2.51. The quantitative estimate of drug-likeness (QED) is 0.772. The number of halogens is 2. The SMILES string of the molecule is O=C(CS(=O)c1ccccc1Cl)c1ccc(Br)cc1. The molecule has 0 bridgehead atoms. The van der Waals surface area contributed by atoms with Crippen LogP contribution in [0.5, 0.6) is 0 Å². The van der Waals surface area contributed by atoms with E-state index in [4.69, 9.17) is 11.6 Å². The van der Waals surface area contributed by atoms with Crippen molar-refractivity contribution in [2.45, 2.75) is 4.90 Å². The average Bonchev–Trinajstić information content (AvgIpc) is 2.39. The molecule has 0 aliphatic heterocycles. The first kappa shape index (κ1) is 14.4. The van der Waals surface area contributed by atoms with Crippen LogP contribution in [0.4, 0.5) is 0 Å². The molecule has 19 heavy (non-hydrogen) atoms. The first-order chi connectivity index (χ1) is 9.08. The summed E-state index contributed by atoms with van der Waals surface area (Å²) in [6.07, 6.45) is 0. The van der Waals surface area contributed by atoms with E-state index in [1.54, 1.807) is 48.5 Å². The normalized spacial score (nSPS) is 12.1. The van der Waals surface area contributed by atoms with Gasteiger partial charge in [-0.25, -0.2) is 0 Å². The van der Waals surface area contributed by atoms with Crippen molar-refractivity contribution in [1.29, 1.82) is 0 Å². The first-order valence-corrected chi connectivity index (χ1v) is 7.98. The zero-order valence-corrected chi connectivity index (χ0v) is 13.0. The Morgan fingerprint density at radius 1 is 1.11 bits per heavy atom. The number of carbonyl (C=O) groups excluding carboxylic acids is 1. The van der Waals surface area contributed by atoms with Crippen LogP contribution in [0.3, 0.4) is 0 Å². The minimum atomic E-state index is -1.42. The highest BCUT2D eigenvalue weighted by Crippen LogP contribution is 2.20. The molecule has 0 aliphatic rings. The third kappa shape index (κ3) is 3.75. The van der Waals surface area contributed by atoms with Gasteiger partial charge in [0.1, 0.15) is 0 Å². The molecule has 0 spiro atoms. The van der Waals surface area contributed by atoms with Crippen LogP contribution < -0.4 is 0 Å². The van der Waals surface area contributed by atoms with E-state index < -0.39 is 10.8 Å². The molecule has 2 rings (SSSR count). The standard InChI is InChI=1S/C14H10BrClO2S/c15-11-7-5-10(6-8-11)13(17)9-19(18)14-4-2-1-3-12(14)16/h1-8H,9H2. The van der Waals surface area contributed by atoms with Crippen LogP contribution in [-0.2, 0) is 10.8 Å². The van der Waals surface area contributed by atoms with Crippen molar-refractivity contribution >= 4 is 44.1 Å². The lowest BCUT2D eigenvalue weighted by atomic mass is 10.2. The van der Waals surface area contributed by atoms with E-state index in [9.17, 15) is 9.00 Å². The summed E-state index contributed by atoms with van der Waals surface area (Å²) in [4.78, 5) is 12.5. The molecule has 2 nitrogen and oxygen atoms in total. The zero-order chi connectivity index (χ0) is 13.8. The van der Waals surface area contributed by atoms with Crippen LogP contribution in [0.1, 0.15) is 10.4 Å². The van der Waals surface area contributed by atoms with E-state index in [1.807, 2.05) is 0 Å². The fourth-order valence-corrected chi connectivity index (χ4v) is 3.28. The molecule has 1 atom stereocenters. The Bertz CT molecular complexity index is 626. The predicted molar refractivity (Wildman–Crippen MR) is 81.2 cm³/mol. The van der Waals surface area contributed by atoms with Gasteiger partial charge in [-0.05, 0) is 24.3 Å². The number of carbonyl (C=O) groups is 1. The van der Waals surface area contributed by atoms with Gasteiger partial charge in [0.2, 0.25) is 0 Å². The van der Waals surface area contributed by atoms with Crippen molar-refractivity contribution < 1.29 is 9.00 Å². The van der Waals surface area contributed by atoms with Crippen LogP contribution >= 0.6 is 27.5 Å². The second-order valence-corrected chi connectivity index (χ2v) is 6.59. The summed E-state index contributed by atoms with van der Waals surface area (Å²) in [5.41, 5.74) is 0.545. The Hall–Kier alpha value is -0.970. The molecule has 98 valence electrons. The molecule has 0 saturated carbocycles. The van der Waals surface area contributed by atoms with E-state index in [-0.39, 0.29) is 11.5 Å². The van der Waals surface area contributed by atoms with Crippen molar-refractivity contribution in [2.75, 3.05) is 5.75 Å². The molecule has 0 fully saturated rings. The van der Waals surface area contributed by atoms with E-state index in [0.29, 0.717) is 15.5 Å². The zero-order valence-electron chi connectivity index (χ0n) is 9.81. The number of benzene rings is 2. The summed E-state index contributed by atoms with van der Waals surface area (Å²) < 4.78 is 13.0. The lowest BCUT2D eigenvalue weighted by molar-refractivity contribution is 0.102. The molecule has 2 aromatic carbocycles. The van der Waals surface area contributed by atoms with Crippen molar-refractivity contribution in [3.05, 3.63) is 63.6 Å². The Labute approximate surface area is 127 Å². The molecule has 0 N–H and O–H groups in total. The van der Waals surface area contributed by atoms with E-state index in [1.165, 1.54) is 0 Å².